The number of benzene rings is 2. The summed E-state index contributed by atoms with van der Waals surface area (Å²) < 4.78 is 31.6. The van der Waals surface area contributed by atoms with Crippen molar-refractivity contribution in [2.45, 2.75) is 23.8 Å². The predicted molar refractivity (Wildman–Crippen MR) is 142 cm³/mol. The van der Waals surface area contributed by atoms with E-state index in [1.807, 2.05) is 71.4 Å². The summed E-state index contributed by atoms with van der Waals surface area (Å²) in [5.41, 5.74) is 3.01. The molecule has 2 aromatic heterocycles. The maximum absolute atomic E-state index is 14.1. The number of piperidine rings is 1. The fourth-order valence-electron chi connectivity index (χ4n) is 5.83. The summed E-state index contributed by atoms with van der Waals surface area (Å²) in [6.07, 6.45) is 0.897. The van der Waals surface area contributed by atoms with E-state index in [9.17, 15) is 13.2 Å². The molecule has 4 heterocycles. The van der Waals surface area contributed by atoms with Crippen molar-refractivity contribution in [2.75, 3.05) is 32.1 Å². The minimum atomic E-state index is -3.72. The fourth-order valence-corrected chi connectivity index (χ4v) is 8.35. The topological polar surface area (TPSA) is 62.6 Å². The molecule has 8 heteroatoms. The first kappa shape index (κ1) is 22.5. The number of hydrogen-bond acceptors (Lipinski definition) is 5. The van der Waals surface area contributed by atoms with Crippen molar-refractivity contribution in [3.63, 3.8) is 0 Å². The van der Waals surface area contributed by atoms with E-state index < -0.39 is 10.0 Å². The number of anilines is 1. The SMILES string of the molecule is CN(C)c1cccc2c(S(=O)(=O)N3C[C@@H]4C[C@H](C3)c3c(-c5cccs5)ccc(=O)n3C4)cccc12. The van der Waals surface area contributed by atoms with Gasteiger partial charge in [0.05, 0.1) is 4.90 Å². The maximum atomic E-state index is 14.1. The van der Waals surface area contributed by atoms with Gasteiger partial charge in [-0.2, -0.15) is 4.31 Å². The minimum Gasteiger partial charge on any atom is -0.377 e. The van der Waals surface area contributed by atoms with Crippen LogP contribution in [0, 0.1) is 5.92 Å². The van der Waals surface area contributed by atoms with Gasteiger partial charge in [0.1, 0.15) is 0 Å². The molecule has 2 aliphatic heterocycles. The number of sulfonamides is 1. The third-order valence-electron chi connectivity index (χ3n) is 7.30. The van der Waals surface area contributed by atoms with E-state index in [1.165, 1.54) is 0 Å². The van der Waals surface area contributed by atoms with Crippen LogP contribution in [-0.2, 0) is 16.6 Å². The van der Waals surface area contributed by atoms with Gasteiger partial charge in [-0.05, 0) is 42.0 Å². The molecule has 2 atom stereocenters. The summed E-state index contributed by atoms with van der Waals surface area (Å²) in [5.74, 6) is 0.0928. The Balaban J connectivity index is 1.44. The van der Waals surface area contributed by atoms with E-state index in [4.69, 9.17) is 0 Å². The molecule has 35 heavy (non-hydrogen) atoms. The van der Waals surface area contributed by atoms with Crippen LogP contribution >= 0.6 is 11.3 Å². The number of rotatable bonds is 4. The van der Waals surface area contributed by atoms with Crippen LogP contribution in [0.2, 0.25) is 0 Å². The summed E-state index contributed by atoms with van der Waals surface area (Å²) in [6, 6.07) is 19.0. The first-order valence-corrected chi connectivity index (χ1v) is 14.1. The molecule has 180 valence electrons. The van der Waals surface area contributed by atoms with Crippen molar-refractivity contribution in [1.82, 2.24) is 8.87 Å². The number of hydrogen-bond donors (Lipinski definition) is 0. The molecular weight excluding hydrogens is 478 g/mol. The van der Waals surface area contributed by atoms with Crippen molar-refractivity contribution < 1.29 is 8.42 Å². The van der Waals surface area contributed by atoms with Crippen LogP contribution in [0.15, 0.2) is 75.7 Å². The lowest BCUT2D eigenvalue weighted by Crippen LogP contribution is -2.49. The van der Waals surface area contributed by atoms with Crippen LogP contribution in [0.4, 0.5) is 5.69 Å². The molecule has 2 aliphatic rings. The van der Waals surface area contributed by atoms with Crippen LogP contribution in [0.25, 0.3) is 21.2 Å². The van der Waals surface area contributed by atoms with Gasteiger partial charge in [-0.1, -0.05) is 30.3 Å². The van der Waals surface area contributed by atoms with Crippen molar-refractivity contribution >= 4 is 37.8 Å². The van der Waals surface area contributed by atoms with Crippen molar-refractivity contribution in [3.05, 3.63) is 82.1 Å². The molecule has 0 spiro atoms. The summed E-state index contributed by atoms with van der Waals surface area (Å²) in [4.78, 5) is 16.2. The Morgan fingerprint density at radius 2 is 1.71 bits per heavy atom. The molecule has 2 bridgehead atoms. The van der Waals surface area contributed by atoms with E-state index in [0.717, 1.165) is 39.0 Å². The Bertz CT molecular complexity index is 1590. The molecule has 0 aliphatic carbocycles. The van der Waals surface area contributed by atoms with Crippen molar-refractivity contribution in [1.29, 1.82) is 0 Å². The number of fused-ring (bicyclic) bond motifs is 5. The summed E-state index contributed by atoms with van der Waals surface area (Å²) in [6.45, 7) is 1.36. The molecule has 1 fully saturated rings. The summed E-state index contributed by atoms with van der Waals surface area (Å²) in [5, 5.41) is 3.70. The van der Waals surface area contributed by atoms with Gasteiger partial charge in [0.15, 0.2) is 0 Å². The van der Waals surface area contributed by atoms with Gasteiger partial charge in [-0.15, -0.1) is 11.3 Å². The first-order chi connectivity index (χ1) is 16.8. The van der Waals surface area contributed by atoms with Gasteiger partial charge < -0.3 is 9.47 Å². The van der Waals surface area contributed by atoms with E-state index in [2.05, 4.69) is 6.07 Å². The lowest BCUT2D eigenvalue weighted by molar-refractivity contribution is 0.187. The van der Waals surface area contributed by atoms with Crippen molar-refractivity contribution in [3.8, 4) is 10.4 Å². The second kappa shape index (κ2) is 8.33. The zero-order valence-corrected chi connectivity index (χ0v) is 21.3. The standard InChI is InChI=1S/C27H27N3O3S2/c1-28(2)23-8-3-7-21-20(23)6-4-10-25(21)35(32,33)29-15-18-14-19(17-29)27-22(24-9-5-13-34-24)11-12-26(31)30(27)16-18/h3-13,18-19H,14-17H2,1-2H3/t18-,19+/m0/s1. The molecule has 6 nitrogen and oxygen atoms in total. The molecule has 0 amide bonds. The van der Waals surface area contributed by atoms with E-state index >= 15 is 0 Å². The van der Waals surface area contributed by atoms with Gasteiger partial charge in [0.2, 0.25) is 10.0 Å². The lowest BCUT2D eigenvalue weighted by atomic mass is 9.82. The van der Waals surface area contributed by atoms with Gasteiger partial charge in [-0.3, -0.25) is 4.79 Å². The second-order valence-corrected chi connectivity index (χ2v) is 12.6. The molecule has 0 N–H and O–H groups in total. The van der Waals surface area contributed by atoms with Crippen LogP contribution in [0.3, 0.4) is 0 Å². The molecule has 2 aromatic carbocycles. The molecule has 1 saturated heterocycles. The normalized spacial score (nSPS) is 20.1. The first-order valence-electron chi connectivity index (χ1n) is 11.8. The van der Waals surface area contributed by atoms with E-state index in [-0.39, 0.29) is 17.4 Å². The van der Waals surface area contributed by atoms with Crippen molar-refractivity contribution in [2.24, 2.45) is 5.92 Å². The Morgan fingerprint density at radius 3 is 2.49 bits per heavy atom. The third-order valence-corrected chi connectivity index (χ3v) is 10.1. The average molecular weight is 506 g/mol. The van der Waals surface area contributed by atoms with E-state index in [0.29, 0.717) is 24.5 Å². The second-order valence-electron chi connectivity index (χ2n) is 9.70. The number of aromatic nitrogens is 1. The smallest absolute Gasteiger partial charge is 0.250 e. The number of nitrogens with zero attached hydrogens (tertiary/aromatic N) is 3. The van der Waals surface area contributed by atoms with E-state index in [1.54, 1.807) is 27.8 Å². The molecular formula is C27H27N3O3S2. The molecule has 0 unspecified atom stereocenters. The number of pyridine rings is 1. The maximum Gasteiger partial charge on any atom is 0.250 e. The highest BCUT2D eigenvalue weighted by Crippen LogP contribution is 2.42. The van der Waals surface area contributed by atoms with Gasteiger partial charge in [0, 0.05) is 78.3 Å². The number of thiophene rings is 1. The van der Waals surface area contributed by atoms with Gasteiger partial charge in [-0.25, -0.2) is 8.42 Å². The highest BCUT2D eigenvalue weighted by molar-refractivity contribution is 7.89. The Morgan fingerprint density at radius 1 is 0.914 bits per heavy atom. The fraction of sp³-hybridized carbons (Fsp3) is 0.296. The monoisotopic (exact) mass is 505 g/mol. The zero-order valence-electron chi connectivity index (χ0n) is 19.7. The molecule has 0 saturated carbocycles. The van der Waals surface area contributed by atoms with Gasteiger partial charge >= 0.3 is 0 Å². The molecule has 4 aromatic rings. The van der Waals surface area contributed by atoms with Crippen LogP contribution < -0.4 is 10.5 Å². The summed E-state index contributed by atoms with van der Waals surface area (Å²) in [7, 11) is 0.207. The largest absolute Gasteiger partial charge is 0.377 e. The van der Waals surface area contributed by atoms with Gasteiger partial charge in [0.25, 0.3) is 5.56 Å². The Labute approximate surface area is 209 Å². The Hall–Kier alpha value is -2.94. The summed E-state index contributed by atoms with van der Waals surface area (Å²) >= 11 is 1.64. The molecule has 6 rings (SSSR count). The predicted octanol–water partition coefficient (Wildman–Crippen LogP) is 4.60. The minimum absolute atomic E-state index is 0.00317. The third kappa shape index (κ3) is 3.63. The average Bonchev–Trinajstić information content (AvgIpc) is 3.38. The van der Waals surface area contributed by atoms with Crippen LogP contribution in [-0.4, -0.2) is 44.5 Å². The Kier molecular flexibility index (Phi) is 5.36. The van der Waals surface area contributed by atoms with Crippen LogP contribution in [0.5, 0.6) is 0 Å². The lowest BCUT2D eigenvalue weighted by Gasteiger charge is -2.42. The quantitative estimate of drug-likeness (QED) is 0.407. The zero-order chi connectivity index (χ0) is 24.3. The highest BCUT2D eigenvalue weighted by atomic mass is 32.2. The highest BCUT2D eigenvalue weighted by Gasteiger charge is 2.41. The van der Waals surface area contributed by atoms with Crippen LogP contribution in [0.1, 0.15) is 18.0 Å². The molecule has 0 radical (unpaired) electrons.